The third kappa shape index (κ3) is 4.24. The van der Waals surface area contributed by atoms with E-state index in [4.69, 9.17) is 12.2 Å². The van der Waals surface area contributed by atoms with Crippen LogP contribution in [-0.4, -0.2) is 53.6 Å². The Morgan fingerprint density at radius 3 is 2.67 bits per heavy atom. The highest BCUT2D eigenvalue weighted by molar-refractivity contribution is 8.21. The van der Waals surface area contributed by atoms with Gasteiger partial charge in [0.1, 0.15) is 0 Å². The quantitative estimate of drug-likeness (QED) is 0.562. The van der Waals surface area contributed by atoms with Gasteiger partial charge >= 0.3 is 0 Å². The fourth-order valence-corrected chi connectivity index (χ4v) is 2.56. The van der Waals surface area contributed by atoms with Crippen LogP contribution in [-0.2, 0) is 0 Å². The van der Waals surface area contributed by atoms with E-state index in [0.29, 0.717) is 0 Å². The van der Waals surface area contributed by atoms with Gasteiger partial charge in [-0.2, -0.15) is 0 Å². The third-order valence-corrected chi connectivity index (χ3v) is 3.53. The van der Waals surface area contributed by atoms with Crippen LogP contribution in [0.3, 0.4) is 0 Å². The normalized spacial score (nSPS) is 17.7. The molecule has 0 radical (unpaired) electrons. The van der Waals surface area contributed by atoms with E-state index in [0.717, 1.165) is 43.6 Å². The summed E-state index contributed by atoms with van der Waals surface area (Å²) in [4.78, 5) is 0. The topological polar surface area (TPSA) is 30.5 Å². The lowest BCUT2D eigenvalue weighted by Crippen LogP contribution is -2.53. The van der Waals surface area contributed by atoms with Crippen LogP contribution in [0, 0.1) is 0 Å². The predicted octanol–water partition coefficient (Wildman–Crippen LogP) is 0.671. The van der Waals surface area contributed by atoms with Gasteiger partial charge in [-0.15, -0.1) is 0 Å². The minimum Gasteiger partial charge on any atom is -0.314 e. The lowest BCUT2D eigenvalue weighted by atomic mass is 10.4. The zero-order valence-corrected chi connectivity index (χ0v) is 11.1. The first-order chi connectivity index (χ1) is 7.29. The molecule has 1 heterocycles. The Labute approximate surface area is 102 Å². The van der Waals surface area contributed by atoms with Crippen molar-refractivity contribution in [3.05, 3.63) is 0 Å². The summed E-state index contributed by atoms with van der Waals surface area (Å²) in [6.07, 6.45) is 0. The molecular formula is C9H20N4S2. The Hall–Kier alpha value is 0.120. The molecule has 0 saturated carbocycles. The number of hydrazine groups is 1. The molecule has 1 fully saturated rings. The van der Waals surface area contributed by atoms with E-state index in [2.05, 4.69) is 33.9 Å². The van der Waals surface area contributed by atoms with E-state index in [-0.39, 0.29) is 0 Å². The molecule has 0 spiro atoms. The minimum atomic E-state index is 0.918. The van der Waals surface area contributed by atoms with E-state index in [1.165, 1.54) is 0 Å². The lowest BCUT2D eigenvalue weighted by molar-refractivity contribution is 0.0423. The lowest BCUT2D eigenvalue weighted by Gasteiger charge is -2.38. The van der Waals surface area contributed by atoms with Crippen LogP contribution < -0.4 is 10.0 Å². The van der Waals surface area contributed by atoms with Crippen molar-refractivity contribution >= 4 is 28.5 Å². The van der Waals surface area contributed by atoms with E-state index in [1.54, 1.807) is 11.9 Å². The highest BCUT2D eigenvalue weighted by Crippen LogP contribution is 2.09. The zero-order valence-electron chi connectivity index (χ0n) is 9.45. The molecule has 6 heteroatoms. The third-order valence-electron chi connectivity index (χ3n) is 2.25. The highest BCUT2D eigenvalue weighted by atomic mass is 32.2. The van der Waals surface area contributed by atoms with Crippen molar-refractivity contribution in [3.8, 4) is 0 Å². The second kappa shape index (κ2) is 7.40. The standard InChI is InChI=1S/C9H20N4S2/c1-3-11-15-9(14)13(4-2)12-7-5-10-6-8-12/h10-11H,3-8H2,1-2H3. The first kappa shape index (κ1) is 13.2. The first-order valence-electron chi connectivity index (χ1n) is 5.46. The monoisotopic (exact) mass is 248 g/mol. The van der Waals surface area contributed by atoms with Crippen molar-refractivity contribution in [1.29, 1.82) is 0 Å². The van der Waals surface area contributed by atoms with Crippen LogP contribution in [0.2, 0.25) is 0 Å². The molecular weight excluding hydrogens is 228 g/mol. The molecule has 15 heavy (non-hydrogen) atoms. The Morgan fingerprint density at radius 2 is 2.13 bits per heavy atom. The van der Waals surface area contributed by atoms with Crippen molar-refractivity contribution in [3.63, 3.8) is 0 Å². The van der Waals surface area contributed by atoms with Crippen molar-refractivity contribution in [2.45, 2.75) is 13.8 Å². The average Bonchev–Trinajstić information content (AvgIpc) is 2.29. The fourth-order valence-electron chi connectivity index (χ4n) is 1.53. The van der Waals surface area contributed by atoms with E-state index >= 15 is 0 Å². The molecule has 0 amide bonds. The van der Waals surface area contributed by atoms with Gasteiger partial charge in [0.15, 0.2) is 4.32 Å². The highest BCUT2D eigenvalue weighted by Gasteiger charge is 2.18. The van der Waals surface area contributed by atoms with E-state index in [9.17, 15) is 0 Å². The number of hydrogen-bond donors (Lipinski definition) is 2. The summed E-state index contributed by atoms with van der Waals surface area (Å²) >= 11 is 6.93. The second-order valence-electron chi connectivity index (χ2n) is 3.29. The van der Waals surface area contributed by atoms with E-state index in [1.807, 2.05) is 0 Å². The summed E-state index contributed by atoms with van der Waals surface area (Å²) in [7, 11) is 0. The number of rotatable bonds is 4. The maximum Gasteiger partial charge on any atom is 0.165 e. The van der Waals surface area contributed by atoms with Gasteiger partial charge in [-0.1, -0.05) is 6.92 Å². The molecule has 1 rings (SSSR count). The molecule has 1 saturated heterocycles. The molecule has 1 aliphatic heterocycles. The van der Waals surface area contributed by atoms with Gasteiger partial charge in [0.2, 0.25) is 0 Å². The Morgan fingerprint density at radius 1 is 1.47 bits per heavy atom. The summed E-state index contributed by atoms with van der Waals surface area (Å²) in [5.74, 6) is 0. The van der Waals surface area contributed by atoms with Crippen molar-refractivity contribution < 1.29 is 0 Å². The molecule has 88 valence electrons. The van der Waals surface area contributed by atoms with Crippen LogP contribution in [0.5, 0.6) is 0 Å². The van der Waals surface area contributed by atoms with Crippen LogP contribution in [0.1, 0.15) is 13.8 Å². The maximum atomic E-state index is 5.39. The number of thiocarbonyl (C=S) groups is 1. The molecule has 0 bridgehead atoms. The van der Waals surface area contributed by atoms with Crippen molar-refractivity contribution in [2.75, 3.05) is 39.3 Å². The molecule has 0 aromatic heterocycles. The average molecular weight is 248 g/mol. The molecule has 0 atom stereocenters. The molecule has 4 nitrogen and oxygen atoms in total. The first-order valence-corrected chi connectivity index (χ1v) is 6.68. The largest absolute Gasteiger partial charge is 0.314 e. The number of nitrogens with zero attached hydrogens (tertiary/aromatic N) is 2. The Kier molecular flexibility index (Phi) is 6.51. The smallest absolute Gasteiger partial charge is 0.165 e. The van der Waals surface area contributed by atoms with Crippen LogP contribution in [0.25, 0.3) is 0 Å². The summed E-state index contributed by atoms with van der Waals surface area (Å²) < 4.78 is 4.11. The number of hydrogen-bond acceptors (Lipinski definition) is 5. The Bertz CT molecular complexity index is 195. The summed E-state index contributed by atoms with van der Waals surface area (Å²) in [6, 6.07) is 0. The molecule has 2 N–H and O–H groups in total. The second-order valence-corrected chi connectivity index (χ2v) is 4.81. The predicted molar refractivity (Wildman–Crippen MR) is 70.7 cm³/mol. The van der Waals surface area contributed by atoms with E-state index < -0.39 is 0 Å². The van der Waals surface area contributed by atoms with Crippen molar-refractivity contribution in [1.82, 2.24) is 20.1 Å². The zero-order chi connectivity index (χ0) is 11.1. The number of piperazine rings is 1. The van der Waals surface area contributed by atoms with Gasteiger partial charge in [0.05, 0.1) is 0 Å². The fraction of sp³-hybridized carbons (Fsp3) is 0.889. The SMILES string of the molecule is CCNSC(=S)N(CC)N1CCNCC1. The van der Waals surface area contributed by atoms with Crippen LogP contribution in [0.4, 0.5) is 0 Å². The molecule has 0 aromatic rings. The molecule has 0 aromatic carbocycles. The van der Waals surface area contributed by atoms with Crippen molar-refractivity contribution in [2.24, 2.45) is 0 Å². The van der Waals surface area contributed by atoms with Gasteiger partial charge in [-0.05, 0) is 31.1 Å². The molecule has 0 unspecified atom stereocenters. The maximum absolute atomic E-state index is 5.39. The summed E-state index contributed by atoms with van der Waals surface area (Å²) in [6.45, 7) is 10.3. The molecule has 1 aliphatic rings. The number of nitrogens with one attached hydrogen (secondary N) is 2. The van der Waals surface area contributed by atoms with Crippen LogP contribution in [0.15, 0.2) is 0 Å². The minimum absolute atomic E-state index is 0.918. The van der Waals surface area contributed by atoms with Gasteiger partial charge in [0, 0.05) is 39.3 Å². The van der Waals surface area contributed by atoms with Gasteiger partial charge in [-0.25, -0.2) is 5.01 Å². The summed E-state index contributed by atoms with van der Waals surface area (Å²) in [5, 5.41) is 7.85. The molecule has 0 aliphatic carbocycles. The Balaban J connectivity index is 2.41. The van der Waals surface area contributed by atoms with Crippen LogP contribution >= 0.6 is 24.2 Å². The van der Waals surface area contributed by atoms with Gasteiger partial charge in [0.25, 0.3) is 0 Å². The van der Waals surface area contributed by atoms with Gasteiger partial charge < -0.3 is 5.32 Å². The summed E-state index contributed by atoms with van der Waals surface area (Å²) in [5.41, 5.74) is 0. The van der Waals surface area contributed by atoms with Gasteiger partial charge in [-0.3, -0.25) is 9.73 Å².